The van der Waals surface area contributed by atoms with Gasteiger partial charge in [0.05, 0.1) is 18.5 Å². The first-order valence-electron chi connectivity index (χ1n) is 8.01. The van der Waals surface area contributed by atoms with Crippen LogP contribution >= 0.6 is 15.9 Å². The molecule has 0 radical (unpaired) electrons. The fourth-order valence-corrected chi connectivity index (χ4v) is 3.31. The molecule has 0 bridgehead atoms. The Labute approximate surface area is 153 Å². The van der Waals surface area contributed by atoms with Crippen molar-refractivity contribution in [1.29, 1.82) is 0 Å². The first-order valence-corrected chi connectivity index (χ1v) is 8.80. The molecule has 3 aromatic heterocycles. The Morgan fingerprint density at radius 3 is 3.04 bits per heavy atom. The predicted molar refractivity (Wildman–Crippen MR) is 103 cm³/mol. The summed E-state index contributed by atoms with van der Waals surface area (Å²) in [5.41, 5.74) is 4.95. The Kier molecular flexibility index (Phi) is 4.05. The van der Waals surface area contributed by atoms with Gasteiger partial charge >= 0.3 is 0 Å². The summed E-state index contributed by atoms with van der Waals surface area (Å²) in [7, 11) is 0. The number of ether oxygens (including phenoxy) is 1. The molecule has 0 unspecified atom stereocenters. The summed E-state index contributed by atoms with van der Waals surface area (Å²) in [5.74, 6) is 0.515. The van der Waals surface area contributed by atoms with Crippen LogP contribution in [0.5, 0.6) is 5.88 Å². The van der Waals surface area contributed by atoms with Gasteiger partial charge in [0.2, 0.25) is 5.65 Å². The van der Waals surface area contributed by atoms with Gasteiger partial charge in [-0.1, -0.05) is 24.8 Å². The van der Waals surface area contributed by atoms with Gasteiger partial charge in [-0.15, -0.1) is 0 Å². The largest absolute Gasteiger partial charge is 0.475 e. The van der Waals surface area contributed by atoms with Crippen LogP contribution in [0.2, 0.25) is 0 Å². The first-order chi connectivity index (χ1) is 12.1. The zero-order valence-electron chi connectivity index (χ0n) is 13.8. The topological polar surface area (TPSA) is 55.2 Å². The van der Waals surface area contributed by atoms with Gasteiger partial charge in [-0.05, 0) is 40.1 Å². The molecule has 5 nitrogen and oxygen atoms in total. The van der Waals surface area contributed by atoms with Gasteiger partial charge in [-0.2, -0.15) is 0 Å². The van der Waals surface area contributed by atoms with E-state index in [4.69, 9.17) is 4.74 Å². The quantitative estimate of drug-likeness (QED) is 0.534. The van der Waals surface area contributed by atoms with Crippen LogP contribution in [0, 0.1) is 0 Å². The lowest BCUT2D eigenvalue weighted by molar-refractivity contribution is 0.311. The average molecular weight is 397 g/mol. The molecule has 4 aromatic rings. The number of aromatic amines is 1. The third-order valence-corrected chi connectivity index (χ3v) is 4.54. The number of hydrogen-bond acceptors (Lipinski definition) is 3. The van der Waals surface area contributed by atoms with Crippen molar-refractivity contribution in [2.24, 2.45) is 0 Å². The molecule has 0 aliphatic rings. The molecule has 3 heterocycles. The molecule has 0 spiro atoms. The SMILES string of the molecule is C=C(C)c1cnc2c(OCCc3c[nH]c4ccccc34)nc(Br)cn12. The minimum absolute atomic E-state index is 0.515. The van der Waals surface area contributed by atoms with E-state index >= 15 is 0 Å². The van der Waals surface area contributed by atoms with Crippen LogP contribution < -0.4 is 4.74 Å². The molecule has 0 fully saturated rings. The molecule has 0 aliphatic carbocycles. The van der Waals surface area contributed by atoms with E-state index in [1.165, 1.54) is 10.9 Å². The maximum Gasteiger partial charge on any atom is 0.259 e. The number of benzene rings is 1. The summed E-state index contributed by atoms with van der Waals surface area (Å²) in [6, 6.07) is 8.26. The smallest absolute Gasteiger partial charge is 0.259 e. The molecule has 126 valence electrons. The Hall–Kier alpha value is -2.60. The highest BCUT2D eigenvalue weighted by atomic mass is 79.9. The third-order valence-electron chi connectivity index (χ3n) is 4.15. The van der Waals surface area contributed by atoms with E-state index in [0.29, 0.717) is 22.7 Å². The zero-order chi connectivity index (χ0) is 17.4. The van der Waals surface area contributed by atoms with E-state index in [9.17, 15) is 0 Å². The van der Waals surface area contributed by atoms with E-state index in [1.54, 1.807) is 6.20 Å². The summed E-state index contributed by atoms with van der Waals surface area (Å²) in [5, 5.41) is 1.23. The number of nitrogens with zero attached hydrogens (tertiary/aromatic N) is 3. The highest BCUT2D eigenvalue weighted by Gasteiger charge is 2.13. The highest BCUT2D eigenvalue weighted by Crippen LogP contribution is 2.24. The maximum absolute atomic E-state index is 5.95. The Balaban J connectivity index is 1.58. The van der Waals surface area contributed by atoms with E-state index in [2.05, 4.69) is 49.6 Å². The lowest BCUT2D eigenvalue weighted by atomic mass is 10.1. The number of rotatable bonds is 5. The molecule has 1 N–H and O–H groups in total. The van der Waals surface area contributed by atoms with Gasteiger partial charge < -0.3 is 9.72 Å². The van der Waals surface area contributed by atoms with Gasteiger partial charge in [-0.25, -0.2) is 9.97 Å². The van der Waals surface area contributed by atoms with Crippen LogP contribution in [0.4, 0.5) is 0 Å². The van der Waals surface area contributed by atoms with Crippen molar-refractivity contribution in [3.63, 3.8) is 0 Å². The van der Waals surface area contributed by atoms with E-state index in [-0.39, 0.29) is 0 Å². The lowest BCUT2D eigenvalue weighted by Crippen LogP contribution is -2.05. The highest BCUT2D eigenvalue weighted by molar-refractivity contribution is 9.10. The van der Waals surface area contributed by atoms with E-state index in [1.807, 2.05) is 35.9 Å². The van der Waals surface area contributed by atoms with Crippen molar-refractivity contribution >= 4 is 38.1 Å². The summed E-state index contributed by atoms with van der Waals surface area (Å²) >= 11 is 3.44. The maximum atomic E-state index is 5.95. The summed E-state index contributed by atoms with van der Waals surface area (Å²) in [6.45, 7) is 6.47. The molecular weight excluding hydrogens is 380 g/mol. The van der Waals surface area contributed by atoms with E-state index < -0.39 is 0 Å². The molecule has 0 aliphatic heterocycles. The number of imidazole rings is 1. The van der Waals surface area contributed by atoms with Crippen LogP contribution in [0.3, 0.4) is 0 Å². The van der Waals surface area contributed by atoms with Crippen molar-refractivity contribution in [2.45, 2.75) is 13.3 Å². The summed E-state index contributed by atoms with van der Waals surface area (Å²) in [6.07, 6.45) is 6.49. The fraction of sp³-hybridized carbons (Fsp3) is 0.158. The number of aromatic nitrogens is 4. The molecule has 0 atom stereocenters. The number of halogens is 1. The number of nitrogens with one attached hydrogen (secondary N) is 1. The number of H-pyrrole nitrogens is 1. The van der Waals surface area contributed by atoms with Gasteiger partial charge in [0, 0.05) is 29.7 Å². The fourth-order valence-electron chi connectivity index (χ4n) is 2.94. The van der Waals surface area contributed by atoms with Crippen LogP contribution in [-0.2, 0) is 6.42 Å². The van der Waals surface area contributed by atoms with Gasteiger partial charge in [0.1, 0.15) is 4.60 Å². The van der Waals surface area contributed by atoms with Gasteiger partial charge in [0.25, 0.3) is 5.88 Å². The lowest BCUT2D eigenvalue weighted by Gasteiger charge is -2.08. The van der Waals surface area contributed by atoms with Crippen LogP contribution in [0.1, 0.15) is 18.2 Å². The minimum atomic E-state index is 0.515. The third kappa shape index (κ3) is 2.93. The van der Waals surface area contributed by atoms with Gasteiger partial charge in [0.15, 0.2) is 0 Å². The second-order valence-corrected chi connectivity index (χ2v) is 6.76. The number of para-hydroxylation sites is 1. The summed E-state index contributed by atoms with van der Waals surface area (Å²) in [4.78, 5) is 12.1. The Morgan fingerprint density at radius 1 is 1.36 bits per heavy atom. The van der Waals surface area contributed by atoms with Crippen molar-refractivity contribution in [1.82, 2.24) is 19.4 Å². The minimum Gasteiger partial charge on any atom is -0.475 e. The standard InChI is InChI=1S/C19H17BrN4O/c1-12(2)16-10-22-18-19(23-17(20)11-24(16)18)25-8-7-13-9-21-15-6-4-3-5-14(13)15/h3-6,9-11,21H,1,7-8H2,2H3. The van der Waals surface area contributed by atoms with Crippen molar-refractivity contribution in [2.75, 3.05) is 6.61 Å². The second kappa shape index (κ2) is 6.37. The Bertz CT molecular complexity index is 1080. The van der Waals surface area contributed by atoms with Crippen molar-refractivity contribution < 1.29 is 4.74 Å². The number of hydrogen-bond donors (Lipinski definition) is 1. The number of fused-ring (bicyclic) bond motifs is 2. The summed E-state index contributed by atoms with van der Waals surface area (Å²) < 4.78 is 8.59. The molecular formula is C19H17BrN4O. The van der Waals surface area contributed by atoms with Crippen molar-refractivity contribution in [3.05, 3.63) is 65.3 Å². The molecule has 25 heavy (non-hydrogen) atoms. The molecule has 1 aromatic carbocycles. The zero-order valence-corrected chi connectivity index (χ0v) is 15.4. The van der Waals surface area contributed by atoms with Gasteiger partial charge in [-0.3, -0.25) is 4.40 Å². The first kappa shape index (κ1) is 15.9. The second-order valence-electron chi connectivity index (χ2n) is 5.94. The van der Waals surface area contributed by atoms with E-state index in [0.717, 1.165) is 23.2 Å². The molecule has 0 amide bonds. The van der Waals surface area contributed by atoms with Crippen molar-refractivity contribution in [3.8, 4) is 5.88 Å². The van der Waals surface area contributed by atoms with Crippen LogP contribution in [0.15, 0.2) is 54.0 Å². The number of allylic oxidation sites excluding steroid dienone is 1. The average Bonchev–Trinajstić information content (AvgIpc) is 3.19. The van der Waals surface area contributed by atoms with Crippen LogP contribution in [0.25, 0.3) is 22.1 Å². The molecule has 4 rings (SSSR count). The molecule has 0 saturated carbocycles. The molecule has 6 heteroatoms. The molecule has 0 saturated heterocycles. The van der Waals surface area contributed by atoms with Crippen LogP contribution in [-0.4, -0.2) is 26.0 Å². The Morgan fingerprint density at radius 2 is 2.20 bits per heavy atom. The normalized spacial score (nSPS) is 11.3. The predicted octanol–water partition coefficient (Wildman–Crippen LogP) is 4.63. The monoisotopic (exact) mass is 396 g/mol.